The van der Waals surface area contributed by atoms with E-state index in [4.69, 9.17) is 26.8 Å². The number of methoxy groups -OCH3 is 1. The standard InChI is InChI=1S/C14H13ClFNO2/c1-18-12-6-5-10(17)7-13(12)19-8-9-3-2-4-11(16)14(9)15/h2-7H,8,17H2,1H3. The van der Waals surface area contributed by atoms with Gasteiger partial charge in [0.1, 0.15) is 12.4 Å². The molecule has 3 nitrogen and oxygen atoms in total. The van der Waals surface area contributed by atoms with Gasteiger partial charge in [-0.15, -0.1) is 0 Å². The van der Waals surface area contributed by atoms with Crippen molar-refractivity contribution in [2.24, 2.45) is 0 Å². The summed E-state index contributed by atoms with van der Waals surface area (Å²) in [6.45, 7) is 0.135. The van der Waals surface area contributed by atoms with Crippen LogP contribution in [0.5, 0.6) is 11.5 Å². The van der Waals surface area contributed by atoms with E-state index in [2.05, 4.69) is 0 Å². The topological polar surface area (TPSA) is 44.5 Å². The summed E-state index contributed by atoms with van der Waals surface area (Å²) in [4.78, 5) is 0. The van der Waals surface area contributed by atoms with E-state index in [1.165, 1.54) is 13.2 Å². The molecule has 2 N–H and O–H groups in total. The molecule has 0 saturated carbocycles. The van der Waals surface area contributed by atoms with Crippen molar-refractivity contribution in [3.05, 3.63) is 52.8 Å². The van der Waals surface area contributed by atoms with Gasteiger partial charge in [0.2, 0.25) is 0 Å². The van der Waals surface area contributed by atoms with E-state index in [0.29, 0.717) is 22.7 Å². The number of hydrogen-bond acceptors (Lipinski definition) is 3. The normalized spacial score (nSPS) is 10.3. The van der Waals surface area contributed by atoms with Crippen LogP contribution in [0.15, 0.2) is 36.4 Å². The molecule has 0 unspecified atom stereocenters. The summed E-state index contributed by atoms with van der Waals surface area (Å²) in [7, 11) is 1.54. The van der Waals surface area contributed by atoms with Gasteiger partial charge in [-0.05, 0) is 18.2 Å². The minimum Gasteiger partial charge on any atom is -0.493 e. The Morgan fingerprint density at radius 3 is 2.74 bits per heavy atom. The summed E-state index contributed by atoms with van der Waals surface area (Å²) in [5.41, 5.74) is 6.80. The number of rotatable bonds is 4. The average molecular weight is 282 g/mol. The summed E-state index contributed by atoms with van der Waals surface area (Å²) < 4.78 is 24.0. The number of anilines is 1. The predicted molar refractivity (Wildman–Crippen MR) is 73.1 cm³/mol. The molecular weight excluding hydrogens is 269 g/mol. The molecule has 0 aromatic heterocycles. The number of hydrogen-bond donors (Lipinski definition) is 1. The fourth-order valence-electron chi connectivity index (χ4n) is 1.62. The quantitative estimate of drug-likeness (QED) is 0.870. The van der Waals surface area contributed by atoms with Gasteiger partial charge in [-0.25, -0.2) is 4.39 Å². The molecular formula is C14H13ClFNO2. The van der Waals surface area contributed by atoms with Crippen molar-refractivity contribution < 1.29 is 13.9 Å². The van der Waals surface area contributed by atoms with E-state index < -0.39 is 5.82 Å². The first-order valence-electron chi connectivity index (χ1n) is 5.61. The van der Waals surface area contributed by atoms with Crippen molar-refractivity contribution in [1.29, 1.82) is 0 Å². The van der Waals surface area contributed by atoms with Crippen LogP contribution < -0.4 is 15.2 Å². The third-order valence-electron chi connectivity index (χ3n) is 2.60. The van der Waals surface area contributed by atoms with Gasteiger partial charge in [-0.3, -0.25) is 0 Å². The first kappa shape index (κ1) is 13.5. The molecule has 0 aliphatic heterocycles. The second-order valence-corrected chi connectivity index (χ2v) is 4.29. The van der Waals surface area contributed by atoms with Crippen LogP contribution in [-0.2, 0) is 6.61 Å². The lowest BCUT2D eigenvalue weighted by Crippen LogP contribution is -2.00. The molecule has 2 aromatic carbocycles. The second-order valence-electron chi connectivity index (χ2n) is 3.91. The van der Waals surface area contributed by atoms with E-state index in [0.717, 1.165) is 0 Å². The number of ether oxygens (including phenoxy) is 2. The highest BCUT2D eigenvalue weighted by molar-refractivity contribution is 6.31. The predicted octanol–water partition coefficient (Wildman–Crippen LogP) is 3.65. The first-order valence-corrected chi connectivity index (χ1v) is 5.99. The average Bonchev–Trinajstić information content (AvgIpc) is 2.40. The van der Waals surface area contributed by atoms with Crippen molar-refractivity contribution in [1.82, 2.24) is 0 Å². The van der Waals surface area contributed by atoms with Crippen molar-refractivity contribution in [2.75, 3.05) is 12.8 Å². The molecule has 100 valence electrons. The maximum Gasteiger partial charge on any atom is 0.163 e. The molecule has 0 aliphatic rings. The minimum absolute atomic E-state index is 0.0605. The Hall–Kier alpha value is -1.94. The van der Waals surface area contributed by atoms with Gasteiger partial charge in [0.25, 0.3) is 0 Å². The van der Waals surface area contributed by atoms with Crippen molar-refractivity contribution in [2.45, 2.75) is 6.61 Å². The molecule has 0 saturated heterocycles. The van der Waals surface area contributed by atoms with Gasteiger partial charge in [-0.2, -0.15) is 0 Å². The van der Waals surface area contributed by atoms with E-state index in [-0.39, 0.29) is 11.6 Å². The van der Waals surface area contributed by atoms with Crippen LogP contribution in [-0.4, -0.2) is 7.11 Å². The first-order chi connectivity index (χ1) is 9.11. The van der Waals surface area contributed by atoms with Gasteiger partial charge in [-0.1, -0.05) is 23.7 Å². The molecule has 0 heterocycles. The molecule has 0 amide bonds. The summed E-state index contributed by atoms with van der Waals surface area (Å²) in [6.07, 6.45) is 0. The van der Waals surface area contributed by atoms with E-state index in [1.807, 2.05) is 0 Å². The molecule has 2 aromatic rings. The largest absolute Gasteiger partial charge is 0.493 e. The lowest BCUT2D eigenvalue weighted by molar-refractivity contribution is 0.284. The van der Waals surface area contributed by atoms with Crippen LogP contribution in [0, 0.1) is 5.82 Å². The molecule has 0 aliphatic carbocycles. The number of nitrogen functional groups attached to an aromatic ring is 1. The van der Waals surface area contributed by atoms with E-state index in [9.17, 15) is 4.39 Å². The summed E-state index contributed by atoms with van der Waals surface area (Å²) in [5.74, 6) is 0.576. The zero-order valence-electron chi connectivity index (χ0n) is 10.3. The van der Waals surface area contributed by atoms with Crippen LogP contribution in [0.1, 0.15) is 5.56 Å². The van der Waals surface area contributed by atoms with Crippen molar-refractivity contribution >= 4 is 17.3 Å². The molecule has 0 radical (unpaired) electrons. The maximum atomic E-state index is 13.3. The van der Waals surface area contributed by atoms with Crippen LogP contribution in [0.25, 0.3) is 0 Å². The summed E-state index contributed by atoms with van der Waals surface area (Å²) >= 11 is 5.85. The Morgan fingerprint density at radius 1 is 1.21 bits per heavy atom. The van der Waals surface area contributed by atoms with E-state index in [1.54, 1.807) is 30.3 Å². The Morgan fingerprint density at radius 2 is 2.00 bits per heavy atom. The number of nitrogens with two attached hydrogens (primary N) is 1. The van der Waals surface area contributed by atoms with Gasteiger partial charge in [0.05, 0.1) is 12.1 Å². The molecule has 0 spiro atoms. The zero-order chi connectivity index (χ0) is 13.8. The van der Waals surface area contributed by atoms with Crippen LogP contribution in [0.2, 0.25) is 5.02 Å². The van der Waals surface area contributed by atoms with Crippen LogP contribution in [0.4, 0.5) is 10.1 Å². The Labute approximate surface area is 115 Å². The monoisotopic (exact) mass is 281 g/mol. The van der Waals surface area contributed by atoms with Gasteiger partial charge in [0, 0.05) is 17.3 Å². The molecule has 19 heavy (non-hydrogen) atoms. The fraction of sp³-hybridized carbons (Fsp3) is 0.143. The molecule has 0 atom stereocenters. The minimum atomic E-state index is -0.470. The van der Waals surface area contributed by atoms with Gasteiger partial charge < -0.3 is 15.2 Å². The highest BCUT2D eigenvalue weighted by atomic mass is 35.5. The fourth-order valence-corrected chi connectivity index (χ4v) is 1.80. The van der Waals surface area contributed by atoms with Crippen molar-refractivity contribution in [3.8, 4) is 11.5 Å². The Balaban J connectivity index is 2.18. The smallest absolute Gasteiger partial charge is 0.163 e. The third-order valence-corrected chi connectivity index (χ3v) is 3.03. The zero-order valence-corrected chi connectivity index (χ0v) is 11.1. The molecule has 5 heteroatoms. The van der Waals surface area contributed by atoms with Gasteiger partial charge >= 0.3 is 0 Å². The van der Waals surface area contributed by atoms with Crippen molar-refractivity contribution in [3.63, 3.8) is 0 Å². The van der Waals surface area contributed by atoms with E-state index >= 15 is 0 Å². The molecule has 0 fully saturated rings. The number of halogens is 2. The lowest BCUT2D eigenvalue weighted by atomic mass is 10.2. The molecule has 2 rings (SSSR count). The highest BCUT2D eigenvalue weighted by Gasteiger charge is 2.09. The molecule has 0 bridgehead atoms. The third kappa shape index (κ3) is 3.09. The maximum absolute atomic E-state index is 13.3. The highest BCUT2D eigenvalue weighted by Crippen LogP contribution is 2.30. The summed E-state index contributed by atoms with van der Waals surface area (Å²) in [6, 6.07) is 9.64. The van der Waals surface area contributed by atoms with Crippen LogP contribution in [0.3, 0.4) is 0 Å². The SMILES string of the molecule is COc1ccc(N)cc1OCc1cccc(F)c1Cl. The Kier molecular flexibility index (Phi) is 4.12. The Bertz CT molecular complexity index is 590. The van der Waals surface area contributed by atoms with Gasteiger partial charge in [0.15, 0.2) is 11.5 Å². The summed E-state index contributed by atoms with van der Waals surface area (Å²) in [5, 5.41) is 0.0605. The number of benzene rings is 2. The van der Waals surface area contributed by atoms with Crippen LogP contribution >= 0.6 is 11.6 Å². The second kappa shape index (κ2) is 5.80. The lowest BCUT2D eigenvalue weighted by Gasteiger charge is -2.12.